The molecule has 2 aliphatic rings. The van der Waals surface area contributed by atoms with Gasteiger partial charge in [-0.2, -0.15) is 4.57 Å². The van der Waals surface area contributed by atoms with E-state index in [-0.39, 0.29) is 28.8 Å². The van der Waals surface area contributed by atoms with Gasteiger partial charge in [0, 0.05) is 22.8 Å². The smallest absolute Gasteiger partial charge is 0.276 e. The van der Waals surface area contributed by atoms with Crippen molar-refractivity contribution in [3.05, 3.63) is 52.5 Å². The van der Waals surface area contributed by atoms with Gasteiger partial charge in [-0.15, -0.1) is 23.1 Å². The van der Waals surface area contributed by atoms with Gasteiger partial charge in [0.15, 0.2) is 29.2 Å². The van der Waals surface area contributed by atoms with Crippen LogP contribution in [0.25, 0.3) is 11.1 Å². The number of fused-ring (bicyclic) bond motifs is 2. The van der Waals surface area contributed by atoms with Gasteiger partial charge in [0.05, 0.1) is 17.7 Å². The van der Waals surface area contributed by atoms with Gasteiger partial charge in [0.2, 0.25) is 0 Å². The number of hydrogen-bond acceptors (Lipinski definition) is 11. The highest BCUT2D eigenvalue weighted by Crippen LogP contribution is 2.40. The van der Waals surface area contributed by atoms with E-state index in [1.54, 1.807) is 11.4 Å². The second-order valence-electron chi connectivity index (χ2n) is 8.04. The van der Waals surface area contributed by atoms with Gasteiger partial charge in [-0.1, -0.05) is 5.16 Å². The third-order valence-electron chi connectivity index (χ3n) is 5.74. The van der Waals surface area contributed by atoms with Crippen molar-refractivity contribution in [3.8, 4) is 0 Å². The Hall–Kier alpha value is -3.91. The normalized spacial score (nSPS) is 19.8. The third-order valence-corrected chi connectivity index (χ3v) is 7.75. The molecule has 3 N–H and O–H groups in total. The number of nitrogens with two attached hydrogens (primary N) is 1. The van der Waals surface area contributed by atoms with Crippen molar-refractivity contribution < 1.29 is 33.3 Å². The second kappa shape index (κ2) is 9.28. The van der Waals surface area contributed by atoms with E-state index in [4.69, 9.17) is 15.0 Å². The maximum atomic E-state index is 13.0. The number of nitrogen functional groups attached to an aromatic ring is 1. The van der Waals surface area contributed by atoms with E-state index in [0.29, 0.717) is 16.9 Å². The number of carboxylic acid groups (broad SMARTS) is 1. The van der Waals surface area contributed by atoms with E-state index in [1.165, 1.54) is 23.8 Å². The number of carboxylic acids is 1. The van der Waals surface area contributed by atoms with Crippen molar-refractivity contribution in [2.75, 3.05) is 18.6 Å². The number of nitrogens with one attached hydrogen (secondary N) is 1. The Bertz CT molecular complexity index is 1460. The average Bonchev–Trinajstić information content (AvgIpc) is 3.45. The largest absolute Gasteiger partial charge is 0.543 e. The first-order chi connectivity index (χ1) is 17.3. The first kappa shape index (κ1) is 23.8. The van der Waals surface area contributed by atoms with Crippen LogP contribution in [0.1, 0.15) is 11.5 Å². The number of pyridine rings is 1. The molecule has 36 heavy (non-hydrogen) atoms. The molecule has 2 aliphatic heterocycles. The number of aryl methyl sites for hydroxylation is 1. The van der Waals surface area contributed by atoms with Crippen LogP contribution in [-0.2, 0) is 25.8 Å². The van der Waals surface area contributed by atoms with Crippen LogP contribution in [0.2, 0.25) is 0 Å². The highest BCUT2D eigenvalue weighted by Gasteiger charge is 2.53. The van der Waals surface area contributed by atoms with E-state index in [9.17, 15) is 19.5 Å². The monoisotopic (exact) mass is 528 g/mol. The quantitative estimate of drug-likeness (QED) is 0.178. The van der Waals surface area contributed by atoms with Gasteiger partial charge in [-0.25, -0.2) is 4.98 Å². The summed E-state index contributed by atoms with van der Waals surface area (Å²) in [5.41, 5.74) is 7.52. The van der Waals surface area contributed by atoms with Crippen molar-refractivity contribution in [2.45, 2.75) is 24.9 Å². The molecule has 14 heteroatoms. The fourth-order valence-electron chi connectivity index (χ4n) is 4.22. The molecule has 0 spiro atoms. The lowest BCUT2D eigenvalue weighted by atomic mass is 10.0. The van der Waals surface area contributed by atoms with Gasteiger partial charge in [0.25, 0.3) is 17.3 Å². The maximum absolute atomic E-state index is 13.0. The number of carbonyl (C=O) groups is 3. The van der Waals surface area contributed by atoms with E-state index in [0.717, 1.165) is 22.6 Å². The Morgan fingerprint density at radius 2 is 2.28 bits per heavy atom. The molecule has 1 unspecified atom stereocenters. The summed E-state index contributed by atoms with van der Waals surface area (Å²) >= 11 is 2.48. The molecule has 186 valence electrons. The number of amides is 2. The first-order valence-corrected chi connectivity index (χ1v) is 12.6. The lowest BCUT2D eigenvalue weighted by Gasteiger charge is -2.50. The van der Waals surface area contributed by atoms with Crippen LogP contribution in [0.4, 0.5) is 5.13 Å². The van der Waals surface area contributed by atoms with Crippen LogP contribution in [-0.4, -0.2) is 57.7 Å². The molecular weight excluding hydrogens is 508 g/mol. The van der Waals surface area contributed by atoms with E-state index in [1.807, 2.05) is 29.8 Å². The molecule has 0 aromatic carbocycles. The zero-order valence-corrected chi connectivity index (χ0v) is 20.7. The molecule has 0 radical (unpaired) electrons. The molecule has 1 fully saturated rings. The fourth-order valence-corrected chi connectivity index (χ4v) is 6.10. The van der Waals surface area contributed by atoms with E-state index < -0.39 is 29.2 Å². The molecule has 5 rings (SSSR count). The van der Waals surface area contributed by atoms with Crippen LogP contribution in [0.15, 0.2) is 50.6 Å². The van der Waals surface area contributed by atoms with Crippen molar-refractivity contribution in [1.82, 2.24) is 15.2 Å². The molecule has 3 aromatic rings. The Morgan fingerprint density at radius 3 is 2.97 bits per heavy atom. The Balaban J connectivity index is 1.38. The number of anilines is 1. The molecule has 5 heterocycles. The van der Waals surface area contributed by atoms with Crippen LogP contribution < -0.4 is 20.7 Å². The lowest BCUT2D eigenvalue weighted by Crippen LogP contribution is -2.71. The predicted octanol–water partition coefficient (Wildman–Crippen LogP) is -0.478. The summed E-state index contributed by atoms with van der Waals surface area (Å²) in [6.45, 7) is 2.06. The molecule has 12 nitrogen and oxygen atoms in total. The lowest BCUT2D eigenvalue weighted by molar-refractivity contribution is -0.663. The zero-order chi connectivity index (χ0) is 25.6. The molecule has 3 aromatic heterocycles. The number of aromatic nitrogens is 2. The van der Waals surface area contributed by atoms with Crippen LogP contribution in [0.5, 0.6) is 0 Å². The van der Waals surface area contributed by atoms with Gasteiger partial charge in [-0.05, 0) is 13.0 Å². The number of thiazole rings is 1. The summed E-state index contributed by atoms with van der Waals surface area (Å²) in [5.74, 6) is -1.65. The van der Waals surface area contributed by atoms with Crippen LogP contribution >= 0.6 is 23.1 Å². The Labute approximate surface area is 212 Å². The van der Waals surface area contributed by atoms with Gasteiger partial charge < -0.3 is 30.2 Å². The molecule has 0 saturated carbocycles. The first-order valence-electron chi connectivity index (χ1n) is 10.7. The van der Waals surface area contributed by atoms with Gasteiger partial charge in [-0.3, -0.25) is 14.5 Å². The van der Waals surface area contributed by atoms with Crippen LogP contribution in [0.3, 0.4) is 0 Å². The molecule has 0 aliphatic carbocycles. The number of nitrogens with zero attached hydrogens (tertiary/aromatic N) is 4. The molecule has 0 bridgehead atoms. The van der Waals surface area contributed by atoms with E-state index in [2.05, 4.69) is 15.5 Å². The number of β-lactam (4-membered cyclic amide) rings is 1. The number of hydrogen-bond donors (Lipinski definition) is 2. The van der Waals surface area contributed by atoms with Gasteiger partial charge >= 0.3 is 0 Å². The second-order valence-corrected chi connectivity index (χ2v) is 10.0. The summed E-state index contributed by atoms with van der Waals surface area (Å²) in [5, 5.41) is 19.6. The Morgan fingerprint density at radius 1 is 1.47 bits per heavy atom. The summed E-state index contributed by atoms with van der Waals surface area (Å²) in [6, 6.07) is 4.54. The van der Waals surface area contributed by atoms with E-state index >= 15 is 0 Å². The van der Waals surface area contributed by atoms with Crippen molar-refractivity contribution in [2.24, 2.45) is 5.16 Å². The van der Waals surface area contributed by atoms with Crippen molar-refractivity contribution in [1.29, 1.82) is 0 Å². The van der Waals surface area contributed by atoms with Crippen molar-refractivity contribution in [3.63, 3.8) is 0 Å². The highest BCUT2D eigenvalue weighted by atomic mass is 32.2. The summed E-state index contributed by atoms with van der Waals surface area (Å²) in [6.07, 6.45) is 1.82. The number of furan rings is 1. The number of aliphatic carboxylic acids is 1. The molecule has 2 amide bonds. The number of oxime groups is 1. The SMILES string of the molecule is CON=C(C(=O)NC1C(=O)N2C(C(=O)[O-])=C(C[n+]3cccc4oc(C)cc43)CS[C@@H]12)c1csc(N)n1. The molecular formula is C22H20N6O6S2. The average molecular weight is 529 g/mol. The fraction of sp³-hybridized carbons (Fsp3) is 0.273. The summed E-state index contributed by atoms with van der Waals surface area (Å²) in [4.78, 5) is 48.0. The Kier molecular flexibility index (Phi) is 6.14. The minimum absolute atomic E-state index is 0.145. The standard InChI is InChI=1S/C22H20N6O6S2/c1-10-6-13-14(34-10)4-3-5-27(13)7-11-8-35-20-16(19(30)28(20)17(11)21(31)32)25-18(29)15(26-33-2)12-9-36-22(23)24-12/h3-6,9,16,20H,7-8H2,1-2H3,(H3-,23,24,25,29,31,32)/t16?,20-/m0/s1. The minimum Gasteiger partial charge on any atom is -0.543 e. The minimum atomic E-state index is -1.45. The number of carbonyl (C=O) groups excluding carboxylic acids is 3. The summed E-state index contributed by atoms with van der Waals surface area (Å²) < 4.78 is 7.52. The zero-order valence-electron chi connectivity index (χ0n) is 19.1. The molecule has 2 atom stereocenters. The predicted molar refractivity (Wildman–Crippen MR) is 128 cm³/mol. The van der Waals surface area contributed by atoms with Gasteiger partial charge in [0.1, 0.15) is 30.0 Å². The van der Waals surface area contributed by atoms with Crippen molar-refractivity contribution >= 4 is 62.8 Å². The number of thioether (sulfide) groups is 1. The van der Waals surface area contributed by atoms with Crippen LogP contribution in [0, 0.1) is 6.92 Å². The summed E-state index contributed by atoms with van der Waals surface area (Å²) in [7, 11) is 1.28. The number of rotatable bonds is 7. The highest BCUT2D eigenvalue weighted by molar-refractivity contribution is 8.00. The topological polar surface area (TPSA) is 167 Å². The maximum Gasteiger partial charge on any atom is 0.276 e. The third kappa shape index (κ3) is 4.07. The molecule has 1 saturated heterocycles.